The van der Waals surface area contributed by atoms with E-state index in [0.717, 1.165) is 31.8 Å². The second kappa shape index (κ2) is 10.5. The lowest BCUT2D eigenvalue weighted by Gasteiger charge is -2.42. The van der Waals surface area contributed by atoms with Crippen molar-refractivity contribution in [3.8, 4) is 0 Å². The fraction of sp³-hybridized carbons (Fsp3) is 0.955. The Morgan fingerprint density at radius 3 is 2.24 bits per heavy atom. The smallest absolute Gasteiger partial charge is 0.222 e. The molecule has 0 spiro atoms. The number of carbonyl (C=O) groups is 1. The molecule has 2 heterocycles. The Hall–Kier alpha value is -0.570. The van der Waals surface area contributed by atoms with Crippen LogP contribution in [0.15, 0.2) is 0 Å². The van der Waals surface area contributed by atoms with Crippen LogP contribution in [0.4, 0.5) is 0 Å². The molecule has 0 aromatic rings. The number of hydrogen-bond acceptors (Lipinski definition) is 2. The minimum atomic E-state index is 0.407. The molecule has 0 saturated carbocycles. The maximum absolute atomic E-state index is 12.5. The largest absolute Gasteiger partial charge is 0.340 e. The van der Waals surface area contributed by atoms with Gasteiger partial charge in [0.2, 0.25) is 5.91 Å². The van der Waals surface area contributed by atoms with E-state index in [0.29, 0.717) is 23.9 Å². The molecule has 2 bridgehead atoms. The molecular weight excluding hydrogens is 308 g/mol. The van der Waals surface area contributed by atoms with Gasteiger partial charge in [0, 0.05) is 38.1 Å². The van der Waals surface area contributed by atoms with E-state index in [-0.39, 0.29) is 0 Å². The van der Waals surface area contributed by atoms with Crippen molar-refractivity contribution >= 4 is 5.91 Å². The van der Waals surface area contributed by atoms with E-state index >= 15 is 0 Å². The average molecular weight is 351 g/mol. The summed E-state index contributed by atoms with van der Waals surface area (Å²) in [5.41, 5.74) is 0. The van der Waals surface area contributed by atoms with E-state index in [1.54, 1.807) is 0 Å². The van der Waals surface area contributed by atoms with Crippen molar-refractivity contribution in [2.75, 3.05) is 19.6 Å². The van der Waals surface area contributed by atoms with E-state index in [4.69, 9.17) is 0 Å². The quantitative estimate of drug-likeness (QED) is 0.484. The first-order valence-corrected chi connectivity index (χ1v) is 11.0. The van der Waals surface area contributed by atoms with Crippen molar-refractivity contribution in [1.29, 1.82) is 0 Å². The molecule has 0 radical (unpaired) electrons. The zero-order valence-electron chi connectivity index (χ0n) is 17.3. The zero-order valence-corrected chi connectivity index (χ0v) is 17.3. The van der Waals surface area contributed by atoms with E-state index in [2.05, 4.69) is 37.5 Å². The minimum absolute atomic E-state index is 0.407. The number of unbranched alkanes of at least 4 members (excludes halogenated alkanes) is 3. The van der Waals surface area contributed by atoms with E-state index in [1.165, 1.54) is 57.9 Å². The van der Waals surface area contributed by atoms with E-state index in [1.807, 2.05) is 0 Å². The first-order chi connectivity index (χ1) is 12.0. The van der Waals surface area contributed by atoms with Crippen LogP contribution in [-0.2, 0) is 4.79 Å². The molecular formula is C22H42N2O. The van der Waals surface area contributed by atoms with Gasteiger partial charge in [-0.3, -0.25) is 9.69 Å². The van der Waals surface area contributed by atoms with Crippen molar-refractivity contribution in [2.45, 2.75) is 104 Å². The molecule has 0 aromatic heterocycles. The Bertz CT molecular complexity index is 381. The molecule has 0 aliphatic carbocycles. The van der Waals surface area contributed by atoms with Crippen molar-refractivity contribution < 1.29 is 4.79 Å². The summed E-state index contributed by atoms with van der Waals surface area (Å²) >= 11 is 0. The maximum atomic E-state index is 12.5. The number of nitrogens with zero attached hydrogens (tertiary/aromatic N) is 2. The molecule has 2 fully saturated rings. The van der Waals surface area contributed by atoms with Crippen LogP contribution in [0, 0.1) is 11.8 Å². The molecule has 0 N–H and O–H groups in total. The highest BCUT2D eigenvalue weighted by molar-refractivity contribution is 5.76. The summed E-state index contributed by atoms with van der Waals surface area (Å²) in [4.78, 5) is 17.5. The molecule has 0 aromatic carbocycles. The molecule has 2 aliphatic heterocycles. The van der Waals surface area contributed by atoms with Gasteiger partial charge in [-0.1, -0.05) is 59.8 Å². The summed E-state index contributed by atoms with van der Waals surface area (Å²) in [5, 5.41) is 0. The minimum Gasteiger partial charge on any atom is -0.340 e. The van der Waals surface area contributed by atoms with Gasteiger partial charge in [-0.15, -0.1) is 0 Å². The number of likely N-dealkylation sites (tertiary alicyclic amines) is 1. The highest BCUT2D eigenvalue weighted by Crippen LogP contribution is 2.32. The number of rotatable bonds is 11. The predicted octanol–water partition coefficient (Wildman–Crippen LogP) is 5.09. The van der Waals surface area contributed by atoms with Crippen LogP contribution in [0.2, 0.25) is 0 Å². The van der Waals surface area contributed by atoms with Gasteiger partial charge in [0.25, 0.3) is 0 Å². The lowest BCUT2D eigenvalue weighted by atomic mass is 10.0. The highest BCUT2D eigenvalue weighted by atomic mass is 16.2. The fourth-order valence-electron chi connectivity index (χ4n) is 4.68. The molecule has 3 atom stereocenters. The molecule has 1 unspecified atom stereocenters. The second-order valence-corrected chi connectivity index (χ2v) is 9.12. The van der Waals surface area contributed by atoms with Crippen molar-refractivity contribution in [3.05, 3.63) is 0 Å². The Kier molecular flexibility index (Phi) is 8.75. The summed E-state index contributed by atoms with van der Waals surface area (Å²) in [7, 11) is 0. The van der Waals surface area contributed by atoms with Gasteiger partial charge in [0.15, 0.2) is 0 Å². The first-order valence-electron chi connectivity index (χ1n) is 11.0. The number of hydrogen-bond donors (Lipinski definition) is 0. The lowest BCUT2D eigenvalue weighted by molar-refractivity contribution is -0.134. The van der Waals surface area contributed by atoms with E-state index in [9.17, 15) is 4.79 Å². The molecule has 3 heteroatoms. The van der Waals surface area contributed by atoms with Gasteiger partial charge in [0.05, 0.1) is 0 Å². The van der Waals surface area contributed by atoms with Crippen LogP contribution < -0.4 is 0 Å². The van der Waals surface area contributed by atoms with Gasteiger partial charge in [-0.2, -0.15) is 0 Å². The first kappa shape index (κ1) is 20.7. The topological polar surface area (TPSA) is 23.6 Å². The Morgan fingerprint density at radius 2 is 1.64 bits per heavy atom. The summed E-state index contributed by atoms with van der Waals surface area (Å²) in [6.07, 6.45) is 12.4. The lowest BCUT2D eigenvalue weighted by Crippen LogP contribution is -2.56. The third-order valence-corrected chi connectivity index (χ3v) is 6.23. The molecule has 2 rings (SSSR count). The van der Waals surface area contributed by atoms with Crippen LogP contribution in [0.5, 0.6) is 0 Å². The number of fused-ring (bicyclic) bond motifs is 2. The Labute approximate surface area is 156 Å². The molecule has 2 saturated heterocycles. The van der Waals surface area contributed by atoms with Crippen molar-refractivity contribution in [2.24, 2.45) is 11.8 Å². The molecule has 3 nitrogen and oxygen atoms in total. The van der Waals surface area contributed by atoms with Crippen molar-refractivity contribution in [3.63, 3.8) is 0 Å². The summed E-state index contributed by atoms with van der Waals surface area (Å²) in [6, 6.07) is 1.26. The molecule has 1 amide bonds. The summed E-state index contributed by atoms with van der Waals surface area (Å²) in [6.45, 7) is 12.4. The van der Waals surface area contributed by atoms with Gasteiger partial charge < -0.3 is 4.90 Å². The zero-order chi connectivity index (χ0) is 18.2. The van der Waals surface area contributed by atoms with Gasteiger partial charge in [-0.25, -0.2) is 0 Å². The fourth-order valence-corrected chi connectivity index (χ4v) is 4.68. The number of carbonyl (C=O) groups excluding carboxylic acids is 1. The third kappa shape index (κ3) is 6.58. The van der Waals surface area contributed by atoms with Crippen LogP contribution in [-0.4, -0.2) is 47.4 Å². The third-order valence-electron chi connectivity index (χ3n) is 6.23. The molecule has 146 valence electrons. The van der Waals surface area contributed by atoms with Gasteiger partial charge in [0.1, 0.15) is 0 Å². The van der Waals surface area contributed by atoms with Crippen LogP contribution in [0.1, 0.15) is 91.9 Å². The monoisotopic (exact) mass is 350 g/mol. The summed E-state index contributed by atoms with van der Waals surface area (Å²) in [5.74, 6) is 1.91. The predicted molar refractivity (Wildman–Crippen MR) is 107 cm³/mol. The number of piperazine rings is 1. The van der Waals surface area contributed by atoms with Crippen LogP contribution >= 0.6 is 0 Å². The van der Waals surface area contributed by atoms with E-state index < -0.39 is 0 Å². The van der Waals surface area contributed by atoms with Crippen LogP contribution in [0.3, 0.4) is 0 Å². The molecule has 25 heavy (non-hydrogen) atoms. The number of amides is 1. The summed E-state index contributed by atoms with van der Waals surface area (Å²) < 4.78 is 0. The van der Waals surface area contributed by atoms with Crippen LogP contribution in [0.25, 0.3) is 0 Å². The van der Waals surface area contributed by atoms with Gasteiger partial charge in [-0.05, 0) is 37.5 Å². The SMILES string of the molecule is CCCCCCC(C)CN1[C@@H]2CC[C@H]1CN(C(=O)CCCC(C)C)C2. The molecule has 2 aliphatic rings. The van der Waals surface area contributed by atoms with Gasteiger partial charge >= 0.3 is 0 Å². The Morgan fingerprint density at radius 1 is 0.960 bits per heavy atom. The van der Waals surface area contributed by atoms with Crippen molar-refractivity contribution in [1.82, 2.24) is 9.80 Å². The second-order valence-electron chi connectivity index (χ2n) is 9.12. The average Bonchev–Trinajstić information content (AvgIpc) is 2.80. The normalized spacial score (nSPS) is 24.9. The highest BCUT2D eigenvalue weighted by Gasteiger charge is 2.41. The Balaban J connectivity index is 1.73. The maximum Gasteiger partial charge on any atom is 0.222 e. The standard InChI is InChI=1S/C22H42N2O/c1-5-6-7-8-11-19(4)15-24-20-13-14-21(24)17-23(16-20)22(25)12-9-10-18(2)3/h18-21H,5-17H2,1-4H3/t19?,20-,21+.